The van der Waals surface area contributed by atoms with Crippen molar-refractivity contribution in [3.8, 4) is 0 Å². The Morgan fingerprint density at radius 1 is 1.17 bits per heavy atom. The van der Waals surface area contributed by atoms with E-state index in [-0.39, 0.29) is 0 Å². The lowest BCUT2D eigenvalue weighted by molar-refractivity contribution is 0.0393. The van der Waals surface area contributed by atoms with Gasteiger partial charge in [-0.05, 0) is 42.1 Å². The first-order chi connectivity index (χ1) is 8.15. The number of dihydropyridines is 1. The summed E-state index contributed by atoms with van der Waals surface area (Å²) >= 11 is 0. The third-order valence-electron chi connectivity index (χ3n) is 4.53. The number of nitrogens with zero attached hydrogens (tertiary/aromatic N) is 1. The lowest BCUT2D eigenvalue weighted by atomic mass is 9.57. The van der Waals surface area contributed by atoms with Gasteiger partial charge in [-0.25, -0.2) is 0 Å². The molecule has 1 fully saturated rings. The minimum Gasteiger partial charge on any atom is -0.400 e. The Kier molecular flexibility index (Phi) is 3.09. The van der Waals surface area contributed by atoms with Gasteiger partial charge in [0.1, 0.15) is 0 Å². The number of rotatable bonds is 1. The molecule has 1 saturated carbocycles. The van der Waals surface area contributed by atoms with Crippen LogP contribution in [0.15, 0.2) is 16.8 Å². The third-order valence-corrected chi connectivity index (χ3v) is 4.53. The lowest BCUT2D eigenvalue weighted by Crippen LogP contribution is -2.58. The highest BCUT2D eigenvalue weighted by molar-refractivity contribution is 5.74. The van der Waals surface area contributed by atoms with E-state index in [1.54, 1.807) is 6.21 Å². The molecule has 1 heterocycles. The van der Waals surface area contributed by atoms with Crippen molar-refractivity contribution in [1.82, 2.24) is 0 Å². The van der Waals surface area contributed by atoms with Crippen molar-refractivity contribution in [3.05, 3.63) is 11.8 Å². The molecule has 1 unspecified atom stereocenters. The molecule has 0 saturated heterocycles. The van der Waals surface area contributed by atoms with E-state index < -0.39 is 5.54 Å². The molecule has 102 valence electrons. The Labute approximate surface area is 111 Å². The average molecular weight is 249 g/mol. The molecule has 0 bridgehead atoms. The quantitative estimate of drug-likeness (QED) is 0.749. The number of hydrogen-bond donors (Lipinski definition) is 2. The second kappa shape index (κ2) is 4.09. The van der Waals surface area contributed by atoms with Crippen LogP contribution in [0.5, 0.6) is 0 Å². The summed E-state index contributed by atoms with van der Waals surface area (Å²) in [4.78, 5) is 4.35. The van der Waals surface area contributed by atoms with Crippen LogP contribution in [-0.2, 0) is 0 Å². The van der Waals surface area contributed by atoms with Crippen LogP contribution in [0.4, 0.5) is 0 Å². The topological polar surface area (TPSA) is 64.4 Å². The molecular weight excluding hydrogens is 222 g/mol. The van der Waals surface area contributed by atoms with Crippen molar-refractivity contribution in [3.63, 3.8) is 0 Å². The fourth-order valence-electron chi connectivity index (χ4n) is 4.16. The van der Waals surface area contributed by atoms with Gasteiger partial charge < -0.3 is 11.5 Å². The third kappa shape index (κ3) is 2.46. The predicted molar refractivity (Wildman–Crippen MR) is 77.5 cm³/mol. The van der Waals surface area contributed by atoms with E-state index in [0.29, 0.717) is 23.3 Å². The first kappa shape index (κ1) is 13.6. The zero-order valence-corrected chi connectivity index (χ0v) is 12.2. The fraction of sp³-hybridized carbons (Fsp3) is 0.800. The molecule has 2 aliphatic rings. The van der Waals surface area contributed by atoms with Gasteiger partial charge in [-0.3, -0.25) is 4.99 Å². The monoisotopic (exact) mass is 249 g/mol. The van der Waals surface area contributed by atoms with Crippen LogP contribution >= 0.6 is 0 Å². The van der Waals surface area contributed by atoms with E-state index in [9.17, 15) is 0 Å². The molecule has 2 rings (SSSR count). The van der Waals surface area contributed by atoms with E-state index in [4.69, 9.17) is 11.5 Å². The number of aliphatic imine (C=N–C) groups is 1. The van der Waals surface area contributed by atoms with Gasteiger partial charge >= 0.3 is 0 Å². The highest BCUT2D eigenvalue weighted by atomic mass is 14.9. The van der Waals surface area contributed by atoms with Crippen LogP contribution < -0.4 is 11.5 Å². The molecule has 0 radical (unpaired) electrons. The van der Waals surface area contributed by atoms with E-state index in [1.807, 2.05) is 6.08 Å². The second-order valence-corrected chi connectivity index (χ2v) is 7.76. The summed E-state index contributed by atoms with van der Waals surface area (Å²) in [6.45, 7) is 10.0. The summed E-state index contributed by atoms with van der Waals surface area (Å²) < 4.78 is 0. The standard InChI is InChI=1S/C15H27N3/c1-13(2)7-11(8-14(3,4)9-13)15(17)10-18-6-5-12(15)16/h5-6,11H,7-10,16-17H2,1-4H3. The van der Waals surface area contributed by atoms with Crippen molar-refractivity contribution in [2.24, 2.45) is 33.2 Å². The maximum atomic E-state index is 6.61. The van der Waals surface area contributed by atoms with Crippen LogP contribution in [0.25, 0.3) is 0 Å². The molecule has 3 nitrogen and oxygen atoms in total. The SMILES string of the molecule is CC1(C)CC(C2(N)CN=CC=C2N)CC(C)(C)C1. The predicted octanol–water partition coefficient (Wildman–Crippen LogP) is 2.46. The molecule has 18 heavy (non-hydrogen) atoms. The molecule has 0 amide bonds. The van der Waals surface area contributed by atoms with E-state index in [0.717, 1.165) is 18.5 Å². The average Bonchev–Trinajstić information content (AvgIpc) is 2.18. The highest BCUT2D eigenvalue weighted by Crippen LogP contribution is 2.51. The first-order valence-corrected chi connectivity index (χ1v) is 6.90. The molecule has 1 atom stereocenters. The Hall–Kier alpha value is -0.830. The number of nitrogens with two attached hydrogens (primary N) is 2. The van der Waals surface area contributed by atoms with Gasteiger partial charge in [0.15, 0.2) is 0 Å². The minimum absolute atomic E-state index is 0.334. The summed E-state index contributed by atoms with van der Waals surface area (Å²) in [5.74, 6) is 0.421. The van der Waals surface area contributed by atoms with E-state index >= 15 is 0 Å². The lowest BCUT2D eigenvalue weighted by Gasteiger charge is -2.51. The van der Waals surface area contributed by atoms with Crippen LogP contribution in [0.3, 0.4) is 0 Å². The second-order valence-electron chi connectivity index (χ2n) is 7.76. The summed E-state index contributed by atoms with van der Waals surface area (Å²) in [6.07, 6.45) is 7.17. The van der Waals surface area contributed by atoms with Crippen LogP contribution in [0.2, 0.25) is 0 Å². The highest BCUT2D eigenvalue weighted by Gasteiger charge is 2.47. The largest absolute Gasteiger partial charge is 0.400 e. The summed E-state index contributed by atoms with van der Waals surface area (Å²) in [7, 11) is 0. The molecule has 0 aromatic heterocycles. The normalized spacial score (nSPS) is 35.3. The zero-order chi connectivity index (χ0) is 13.6. The number of hydrogen-bond acceptors (Lipinski definition) is 3. The minimum atomic E-state index is -0.441. The summed E-state index contributed by atoms with van der Waals surface area (Å²) in [6, 6.07) is 0. The maximum Gasteiger partial charge on any atom is 0.0783 e. The van der Waals surface area contributed by atoms with Crippen LogP contribution in [0.1, 0.15) is 47.0 Å². The van der Waals surface area contributed by atoms with Gasteiger partial charge in [-0.2, -0.15) is 0 Å². The Morgan fingerprint density at radius 2 is 1.72 bits per heavy atom. The number of allylic oxidation sites excluding steroid dienone is 1. The Bertz CT molecular complexity index is 377. The Balaban J connectivity index is 2.28. The van der Waals surface area contributed by atoms with Crippen LogP contribution in [0, 0.1) is 16.7 Å². The van der Waals surface area contributed by atoms with Gasteiger partial charge in [0.2, 0.25) is 0 Å². The molecule has 3 heteroatoms. The van der Waals surface area contributed by atoms with Gasteiger partial charge in [-0.15, -0.1) is 0 Å². The first-order valence-electron chi connectivity index (χ1n) is 6.90. The van der Waals surface area contributed by atoms with Gasteiger partial charge in [-0.1, -0.05) is 27.7 Å². The van der Waals surface area contributed by atoms with Gasteiger partial charge in [0.25, 0.3) is 0 Å². The van der Waals surface area contributed by atoms with Gasteiger partial charge in [0.05, 0.1) is 12.1 Å². The molecule has 4 N–H and O–H groups in total. The van der Waals surface area contributed by atoms with E-state index in [1.165, 1.54) is 6.42 Å². The van der Waals surface area contributed by atoms with Crippen molar-refractivity contribution >= 4 is 6.21 Å². The molecule has 0 spiro atoms. The van der Waals surface area contributed by atoms with Crippen molar-refractivity contribution < 1.29 is 0 Å². The smallest absolute Gasteiger partial charge is 0.0783 e. The molecule has 0 aromatic rings. The maximum absolute atomic E-state index is 6.61. The Morgan fingerprint density at radius 3 is 2.22 bits per heavy atom. The van der Waals surface area contributed by atoms with Crippen molar-refractivity contribution in [2.45, 2.75) is 52.5 Å². The molecule has 0 aromatic carbocycles. The fourth-order valence-corrected chi connectivity index (χ4v) is 4.16. The van der Waals surface area contributed by atoms with Crippen LogP contribution in [-0.4, -0.2) is 18.3 Å². The zero-order valence-electron chi connectivity index (χ0n) is 12.2. The van der Waals surface area contributed by atoms with Gasteiger partial charge in [0, 0.05) is 11.9 Å². The molecule has 1 aliphatic heterocycles. The molecular formula is C15H27N3. The molecule has 1 aliphatic carbocycles. The summed E-state index contributed by atoms with van der Waals surface area (Å²) in [5, 5.41) is 0. The van der Waals surface area contributed by atoms with E-state index in [2.05, 4.69) is 32.7 Å². The van der Waals surface area contributed by atoms with Crippen molar-refractivity contribution in [1.29, 1.82) is 0 Å². The summed E-state index contributed by atoms with van der Waals surface area (Å²) in [5.41, 5.74) is 13.8. The van der Waals surface area contributed by atoms with Crippen molar-refractivity contribution in [2.75, 3.05) is 6.54 Å².